The Labute approximate surface area is 137 Å². The average molecular weight is 322 g/mol. The van der Waals surface area contributed by atoms with Gasteiger partial charge in [0.1, 0.15) is 0 Å². The van der Waals surface area contributed by atoms with Crippen LogP contribution in [-0.4, -0.2) is 49.6 Å². The molecule has 22 heavy (non-hydrogen) atoms. The fraction of sp³-hybridized carbons (Fsp3) is 0.588. The number of carbonyl (C=O) groups is 1. The normalized spacial score (nSPS) is 20.7. The number of amides is 1. The summed E-state index contributed by atoms with van der Waals surface area (Å²) in [5, 5.41) is 3.90. The van der Waals surface area contributed by atoms with Gasteiger partial charge in [0.25, 0.3) is 0 Å². The number of carbonyl (C=O) groups excluding carboxylic acids is 1. The molecule has 0 bridgehead atoms. The zero-order valence-corrected chi connectivity index (χ0v) is 13.9. The van der Waals surface area contributed by atoms with Crippen molar-refractivity contribution in [1.82, 2.24) is 10.2 Å². The highest BCUT2D eigenvalue weighted by atomic mass is 35.5. The van der Waals surface area contributed by atoms with Gasteiger partial charge in [-0.2, -0.15) is 0 Å². The molecule has 1 amide bonds. The molecule has 1 unspecified atom stereocenters. The van der Waals surface area contributed by atoms with E-state index in [0.29, 0.717) is 18.5 Å². The lowest BCUT2D eigenvalue weighted by molar-refractivity contribution is -0.123. The van der Waals surface area contributed by atoms with Crippen molar-refractivity contribution >= 4 is 23.2 Å². The van der Waals surface area contributed by atoms with Gasteiger partial charge in [0.2, 0.25) is 5.91 Å². The van der Waals surface area contributed by atoms with Crippen LogP contribution in [-0.2, 0) is 4.79 Å². The molecular weight excluding hydrogens is 298 g/mol. The van der Waals surface area contributed by atoms with Crippen molar-refractivity contribution in [2.75, 3.05) is 37.6 Å². The first-order chi connectivity index (χ1) is 10.6. The molecular formula is C17H24ClN3O. The molecule has 1 N–H and O–H groups in total. The van der Waals surface area contributed by atoms with Crippen molar-refractivity contribution in [3.63, 3.8) is 0 Å². The first kappa shape index (κ1) is 15.6. The number of piperazine rings is 1. The van der Waals surface area contributed by atoms with Crippen LogP contribution in [0.3, 0.4) is 0 Å². The summed E-state index contributed by atoms with van der Waals surface area (Å²) in [6.07, 6.45) is 2.53. The van der Waals surface area contributed by atoms with Gasteiger partial charge in [-0.1, -0.05) is 17.7 Å². The second kappa shape index (κ2) is 6.88. The number of hydrogen-bond acceptors (Lipinski definition) is 3. The lowest BCUT2D eigenvalue weighted by Gasteiger charge is -2.36. The van der Waals surface area contributed by atoms with Gasteiger partial charge in [-0.3, -0.25) is 9.69 Å². The monoisotopic (exact) mass is 321 g/mol. The lowest BCUT2D eigenvalue weighted by Crippen LogP contribution is -2.50. The van der Waals surface area contributed by atoms with Crippen molar-refractivity contribution in [2.24, 2.45) is 5.92 Å². The summed E-state index contributed by atoms with van der Waals surface area (Å²) in [6, 6.07) is 8.30. The molecule has 0 spiro atoms. The van der Waals surface area contributed by atoms with Gasteiger partial charge in [0.15, 0.2) is 0 Å². The Bertz CT molecular complexity index is 524. The molecule has 4 nitrogen and oxygen atoms in total. The fourth-order valence-electron chi connectivity index (χ4n) is 3.05. The van der Waals surface area contributed by atoms with E-state index in [1.807, 2.05) is 18.2 Å². The number of halogens is 1. The minimum atomic E-state index is 0.163. The number of nitrogens with one attached hydrogen (secondary N) is 1. The number of anilines is 1. The van der Waals surface area contributed by atoms with Crippen LogP contribution in [0.2, 0.25) is 5.02 Å². The maximum atomic E-state index is 12.1. The summed E-state index contributed by atoms with van der Waals surface area (Å²) in [5.74, 6) is 0.874. The zero-order valence-electron chi connectivity index (χ0n) is 13.1. The van der Waals surface area contributed by atoms with Gasteiger partial charge in [0.05, 0.1) is 6.54 Å². The van der Waals surface area contributed by atoms with Crippen molar-refractivity contribution in [1.29, 1.82) is 0 Å². The maximum Gasteiger partial charge on any atom is 0.234 e. The molecule has 2 fully saturated rings. The summed E-state index contributed by atoms with van der Waals surface area (Å²) < 4.78 is 0. The van der Waals surface area contributed by atoms with Crippen LogP contribution in [0.4, 0.5) is 5.69 Å². The smallest absolute Gasteiger partial charge is 0.234 e. The predicted octanol–water partition coefficient (Wildman–Crippen LogP) is 2.38. The molecule has 1 saturated carbocycles. The van der Waals surface area contributed by atoms with Crippen molar-refractivity contribution in [3.05, 3.63) is 29.3 Å². The van der Waals surface area contributed by atoms with Crippen LogP contribution >= 0.6 is 11.6 Å². The van der Waals surface area contributed by atoms with Gasteiger partial charge >= 0.3 is 0 Å². The number of hydrogen-bond donors (Lipinski definition) is 1. The Hall–Kier alpha value is -1.26. The maximum absolute atomic E-state index is 12.1. The van der Waals surface area contributed by atoms with E-state index in [9.17, 15) is 4.79 Å². The fourth-order valence-corrected chi connectivity index (χ4v) is 3.24. The van der Waals surface area contributed by atoms with Crippen LogP contribution in [0, 0.1) is 5.92 Å². The minimum Gasteiger partial charge on any atom is -0.369 e. The van der Waals surface area contributed by atoms with Crippen molar-refractivity contribution < 1.29 is 4.79 Å². The van der Waals surface area contributed by atoms with Crippen molar-refractivity contribution in [2.45, 2.75) is 25.8 Å². The Morgan fingerprint density at radius 1 is 1.32 bits per heavy atom. The molecule has 0 radical (unpaired) electrons. The summed E-state index contributed by atoms with van der Waals surface area (Å²) in [6.45, 7) is 6.33. The van der Waals surface area contributed by atoms with E-state index >= 15 is 0 Å². The van der Waals surface area contributed by atoms with E-state index in [4.69, 9.17) is 11.6 Å². The first-order valence-electron chi connectivity index (χ1n) is 8.14. The quantitative estimate of drug-likeness (QED) is 0.904. The molecule has 1 aliphatic carbocycles. The van der Waals surface area contributed by atoms with E-state index in [1.54, 1.807) is 0 Å². The molecule has 5 heteroatoms. The third-order valence-electron chi connectivity index (χ3n) is 4.63. The van der Waals surface area contributed by atoms with Crippen LogP contribution < -0.4 is 10.2 Å². The topological polar surface area (TPSA) is 35.6 Å². The molecule has 0 aromatic heterocycles. The molecule has 3 rings (SSSR count). The highest BCUT2D eigenvalue weighted by molar-refractivity contribution is 6.30. The first-order valence-corrected chi connectivity index (χ1v) is 8.52. The number of rotatable bonds is 5. The van der Waals surface area contributed by atoms with Gasteiger partial charge in [-0.05, 0) is 43.9 Å². The Kier molecular flexibility index (Phi) is 4.89. The van der Waals surface area contributed by atoms with E-state index in [-0.39, 0.29) is 5.91 Å². The zero-order chi connectivity index (χ0) is 15.5. The number of nitrogens with zero attached hydrogens (tertiary/aromatic N) is 2. The molecule has 1 aliphatic heterocycles. The molecule has 1 atom stereocenters. The third-order valence-corrected chi connectivity index (χ3v) is 4.87. The highest BCUT2D eigenvalue weighted by Crippen LogP contribution is 2.32. The largest absolute Gasteiger partial charge is 0.369 e. The molecule has 1 aromatic carbocycles. The molecule has 2 aliphatic rings. The molecule has 1 heterocycles. The summed E-state index contributed by atoms with van der Waals surface area (Å²) in [5.41, 5.74) is 1.17. The average Bonchev–Trinajstić information content (AvgIpc) is 3.32. The van der Waals surface area contributed by atoms with Gasteiger partial charge < -0.3 is 10.2 Å². The van der Waals surface area contributed by atoms with Gasteiger partial charge in [-0.25, -0.2) is 0 Å². The minimum absolute atomic E-state index is 0.163. The third kappa shape index (κ3) is 4.14. The van der Waals surface area contributed by atoms with E-state index in [2.05, 4.69) is 28.1 Å². The summed E-state index contributed by atoms with van der Waals surface area (Å²) >= 11 is 6.05. The Balaban J connectivity index is 1.44. The van der Waals surface area contributed by atoms with E-state index in [0.717, 1.165) is 31.2 Å². The Morgan fingerprint density at radius 2 is 2.05 bits per heavy atom. The summed E-state index contributed by atoms with van der Waals surface area (Å²) in [4.78, 5) is 16.6. The number of benzene rings is 1. The van der Waals surface area contributed by atoms with Crippen LogP contribution in [0.15, 0.2) is 24.3 Å². The van der Waals surface area contributed by atoms with Gasteiger partial charge in [0, 0.05) is 42.9 Å². The van der Waals surface area contributed by atoms with Gasteiger partial charge in [-0.15, -0.1) is 0 Å². The standard InChI is InChI=1S/C17H24ClN3O/c1-13(14-5-6-14)19-17(22)12-20-7-9-21(10-8-20)16-4-2-3-15(18)11-16/h2-4,11,13-14H,5-10,12H2,1H3,(H,19,22). The van der Waals surface area contributed by atoms with Crippen LogP contribution in [0.5, 0.6) is 0 Å². The highest BCUT2D eigenvalue weighted by Gasteiger charge is 2.29. The SMILES string of the molecule is CC(NC(=O)CN1CCN(c2cccc(Cl)c2)CC1)C1CC1. The molecule has 1 saturated heterocycles. The van der Waals surface area contributed by atoms with E-state index in [1.165, 1.54) is 18.5 Å². The summed E-state index contributed by atoms with van der Waals surface area (Å²) in [7, 11) is 0. The van der Waals surface area contributed by atoms with Crippen LogP contribution in [0.25, 0.3) is 0 Å². The molecule has 1 aromatic rings. The van der Waals surface area contributed by atoms with E-state index < -0.39 is 0 Å². The second-order valence-corrected chi connectivity index (χ2v) is 6.87. The lowest BCUT2D eigenvalue weighted by atomic mass is 10.2. The Morgan fingerprint density at radius 3 is 2.68 bits per heavy atom. The van der Waals surface area contributed by atoms with Crippen LogP contribution in [0.1, 0.15) is 19.8 Å². The molecule has 120 valence electrons. The second-order valence-electron chi connectivity index (χ2n) is 6.44. The van der Waals surface area contributed by atoms with Crippen molar-refractivity contribution in [3.8, 4) is 0 Å². The predicted molar refractivity (Wildman–Crippen MR) is 90.4 cm³/mol.